The third-order valence-corrected chi connectivity index (χ3v) is 5.78. The molecule has 0 unspecified atom stereocenters. The molecule has 1 aliphatic heterocycles. The predicted octanol–water partition coefficient (Wildman–Crippen LogP) is 2.33. The highest BCUT2D eigenvalue weighted by Crippen LogP contribution is 2.28. The van der Waals surface area contributed by atoms with E-state index in [0.717, 1.165) is 49.8 Å². The van der Waals surface area contributed by atoms with E-state index in [1.165, 1.54) is 0 Å². The highest BCUT2D eigenvalue weighted by molar-refractivity contribution is 5.79. The first-order chi connectivity index (χ1) is 13.7. The monoisotopic (exact) mass is 382 g/mol. The van der Waals surface area contributed by atoms with E-state index in [2.05, 4.69) is 15.4 Å². The van der Waals surface area contributed by atoms with Gasteiger partial charge in [0.15, 0.2) is 0 Å². The minimum atomic E-state index is -0.0764. The van der Waals surface area contributed by atoms with Crippen molar-refractivity contribution in [2.75, 3.05) is 13.2 Å². The number of amides is 1. The lowest BCUT2D eigenvalue weighted by Crippen LogP contribution is -2.43. The van der Waals surface area contributed by atoms with Gasteiger partial charge in [0.1, 0.15) is 0 Å². The molecule has 0 spiro atoms. The molecule has 0 bridgehead atoms. The SMILES string of the molecule is O=C(NC1CCC(n2nc(-c3ccncc3)ccc2=O)CC1)C1CCOCC1. The van der Waals surface area contributed by atoms with Gasteiger partial charge in [-0.3, -0.25) is 14.6 Å². The van der Waals surface area contributed by atoms with E-state index in [9.17, 15) is 9.59 Å². The highest BCUT2D eigenvalue weighted by Gasteiger charge is 2.28. The van der Waals surface area contributed by atoms with Gasteiger partial charge in [0, 0.05) is 49.2 Å². The second-order valence-corrected chi connectivity index (χ2v) is 7.64. The molecule has 2 aromatic heterocycles. The second-order valence-electron chi connectivity index (χ2n) is 7.64. The van der Waals surface area contributed by atoms with E-state index >= 15 is 0 Å². The molecule has 28 heavy (non-hydrogen) atoms. The number of aromatic nitrogens is 3. The molecular formula is C21H26N4O3. The van der Waals surface area contributed by atoms with Gasteiger partial charge >= 0.3 is 0 Å². The summed E-state index contributed by atoms with van der Waals surface area (Å²) in [5.74, 6) is 0.231. The summed E-state index contributed by atoms with van der Waals surface area (Å²) in [5, 5.41) is 7.80. The fourth-order valence-corrected chi connectivity index (χ4v) is 4.11. The third kappa shape index (κ3) is 4.30. The zero-order valence-corrected chi connectivity index (χ0v) is 15.9. The molecule has 7 nitrogen and oxygen atoms in total. The van der Waals surface area contributed by atoms with E-state index < -0.39 is 0 Å². The van der Waals surface area contributed by atoms with Crippen molar-refractivity contribution in [2.45, 2.75) is 50.6 Å². The number of pyridine rings is 1. The lowest BCUT2D eigenvalue weighted by Gasteiger charge is -2.31. The second kappa shape index (κ2) is 8.65. The van der Waals surface area contributed by atoms with Crippen LogP contribution in [0.25, 0.3) is 11.3 Å². The van der Waals surface area contributed by atoms with Crippen LogP contribution in [0.2, 0.25) is 0 Å². The van der Waals surface area contributed by atoms with Gasteiger partial charge in [0.2, 0.25) is 5.91 Å². The van der Waals surface area contributed by atoms with Crippen LogP contribution in [-0.4, -0.2) is 39.9 Å². The topological polar surface area (TPSA) is 86.1 Å². The van der Waals surface area contributed by atoms with Gasteiger partial charge in [-0.25, -0.2) is 4.68 Å². The molecule has 2 fully saturated rings. The molecule has 1 aliphatic carbocycles. The summed E-state index contributed by atoms with van der Waals surface area (Å²) in [4.78, 5) is 28.8. The van der Waals surface area contributed by atoms with Crippen LogP contribution in [0.4, 0.5) is 0 Å². The molecule has 2 aromatic rings. The maximum Gasteiger partial charge on any atom is 0.267 e. The number of ether oxygens (including phenoxy) is 1. The minimum Gasteiger partial charge on any atom is -0.381 e. The van der Waals surface area contributed by atoms with Crippen LogP contribution in [0.15, 0.2) is 41.5 Å². The van der Waals surface area contributed by atoms with Crippen molar-refractivity contribution in [2.24, 2.45) is 5.92 Å². The lowest BCUT2D eigenvalue weighted by atomic mass is 9.90. The van der Waals surface area contributed by atoms with Crippen LogP contribution in [0.1, 0.15) is 44.6 Å². The van der Waals surface area contributed by atoms with Crippen LogP contribution < -0.4 is 10.9 Å². The maximum absolute atomic E-state index is 12.4. The lowest BCUT2D eigenvalue weighted by molar-refractivity contribution is -0.128. The van der Waals surface area contributed by atoms with Crippen molar-refractivity contribution < 1.29 is 9.53 Å². The van der Waals surface area contributed by atoms with Crippen molar-refractivity contribution in [3.8, 4) is 11.3 Å². The molecule has 1 saturated heterocycles. The molecule has 4 rings (SSSR count). The van der Waals surface area contributed by atoms with Crippen molar-refractivity contribution in [1.82, 2.24) is 20.1 Å². The first kappa shape index (κ1) is 18.8. The van der Waals surface area contributed by atoms with Gasteiger partial charge in [-0.1, -0.05) is 0 Å². The van der Waals surface area contributed by atoms with E-state index in [1.807, 2.05) is 12.1 Å². The Morgan fingerprint density at radius 3 is 2.43 bits per heavy atom. The molecule has 2 aliphatic rings. The third-order valence-electron chi connectivity index (χ3n) is 5.78. The normalized spacial score (nSPS) is 23.3. The van der Waals surface area contributed by atoms with Crippen LogP contribution in [-0.2, 0) is 9.53 Å². The number of nitrogens with zero attached hydrogens (tertiary/aromatic N) is 3. The number of hydrogen-bond acceptors (Lipinski definition) is 5. The fourth-order valence-electron chi connectivity index (χ4n) is 4.11. The molecule has 1 N–H and O–H groups in total. The fraction of sp³-hybridized carbons (Fsp3) is 0.524. The molecule has 1 saturated carbocycles. The number of rotatable bonds is 4. The molecule has 7 heteroatoms. The van der Waals surface area contributed by atoms with E-state index in [-0.39, 0.29) is 29.5 Å². The highest BCUT2D eigenvalue weighted by atomic mass is 16.5. The zero-order valence-electron chi connectivity index (χ0n) is 15.9. The van der Waals surface area contributed by atoms with Crippen molar-refractivity contribution in [3.05, 3.63) is 47.0 Å². The van der Waals surface area contributed by atoms with Crippen molar-refractivity contribution in [3.63, 3.8) is 0 Å². The van der Waals surface area contributed by atoms with E-state index in [1.54, 1.807) is 29.2 Å². The Morgan fingerprint density at radius 2 is 1.71 bits per heavy atom. The summed E-state index contributed by atoms with van der Waals surface area (Å²) in [6.45, 7) is 1.35. The molecule has 0 atom stereocenters. The summed E-state index contributed by atoms with van der Waals surface area (Å²) >= 11 is 0. The Labute approximate surface area is 164 Å². The summed E-state index contributed by atoms with van der Waals surface area (Å²) in [6.07, 6.45) is 8.47. The average molecular weight is 382 g/mol. The van der Waals surface area contributed by atoms with Gasteiger partial charge < -0.3 is 10.1 Å². The number of carbonyl (C=O) groups excluding carboxylic acids is 1. The van der Waals surface area contributed by atoms with Gasteiger partial charge in [0.05, 0.1) is 11.7 Å². The van der Waals surface area contributed by atoms with Crippen LogP contribution >= 0.6 is 0 Å². The molecule has 0 aromatic carbocycles. The quantitative estimate of drug-likeness (QED) is 0.877. The Balaban J connectivity index is 1.38. The van der Waals surface area contributed by atoms with E-state index in [0.29, 0.717) is 13.2 Å². The first-order valence-electron chi connectivity index (χ1n) is 10.1. The molecule has 3 heterocycles. The molecule has 148 valence electrons. The van der Waals surface area contributed by atoms with Gasteiger partial charge in [-0.2, -0.15) is 5.10 Å². The van der Waals surface area contributed by atoms with Gasteiger partial charge in [-0.05, 0) is 56.7 Å². The Morgan fingerprint density at radius 1 is 1.00 bits per heavy atom. The summed E-state index contributed by atoms with van der Waals surface area (Å²) < 4.78 is 6.95. The summed E-state index contributed by atoms with van der Waals surface area (Å²) in [5.41, 5.74) is 1.64. The Bertz CT molecular complexity index is 853. The molecular weight excluding hydrogens is 356 g/mol. The van der Waals surface area contributed by atoms with Gasteiger partial charge in [-0.15, -0.1) is 0 Å². The average Bonchev–Trinajstić information content (AvgIpc) is 2.76. The first-order valence-corrected chi connectivity index (χ1v) is 10.1. The van der Waals surface area contributed by atoms with Crippen molar-refractivity contribution >= 4 is 5.91 Å². The molecule has 0 radical (unpaired) electrons. The smallest absolute Gasteiger partial charge is 0.267 e. The van der Waals surface area contributed by atoms with Crippen molar-refractivity contribution in [1.29, 1.82) is 0 Å². The Hall–Kier alpha value is -2.54. The summed E-state index contributed by atoms with van der Waals surface area (Å²) in [6, 6.07) is 7.38. The largest absolute Gasteiger partial charge is 0.381 e. The maximum atomic E-state index is 12.4. The van der Waals surface area contributed by atoms with Gasteiger partial charge in [0.25, 0.3) is 5.56 Å². The predicted molar refractivity (Wildman–Crippen MR) is 105 cm³/mol. The number of hydrogen-bond donors (Lipinski definition) is 1. The number of nitrogens with one attached hydrogen (secondary N) is 1. The standard InChI is InChI=1S/C21H26N4O3/c26-20-6-5-19(15-7-11-22-12-8-15)24-25(20)18-3-1-17(2-4-18)23-21(27)16-9-13-28-14-10-16/h5-8,11-12,16-18H,1-4,9-10,13-14H2,(H,23,27). The summed E-state index contributed by atoms with van der Waals surface area (Å²) in [7, 11) is 0. The van der Waals surface area contributed by atoms with E-state index in [4.69, 9.17) is 4.74 Å². The molecule has 1 amide bonds. The Kier molecular flexibility index (Phi) is 5.81. The number of carbonyl (C=O) groups is 1. The minimum absolute atomic E-state index is 0.0746. The van der Waals surface area contributed by atoms with Crippen LogP contribution in [0, 0.1) is 5.92 Å². The van der Waals surface area contributed by atoms with Crippen LogP contribution in [0.5, 0.6) is 0 Å². The van der Waals surface area contributed by atoms with Crippen LogP contribution in [0.3, 0.4) is 0 Å². The zero-order chi connectivity index (χ0) is 19.3.